The van der Waals surface area contributed by atoms with E-state index in [9.17, 15) is 9.59 Å². The van der Waals surface area contributed by atoms with Crippen LogP contribution in [-0.4, -0.2) is 27.7 Å². The van der Waals surface area contributed by atoms with Crippen LogP contribution < -0.4 is 5.56 Å². The number of para-hydroxylation sites is 1. The molecule has 1 amide bonds. The van der Waals surface area contributed by atoms with Crippen molar-refractivity contribution in [1.29, 1.82) is 0 Å². The van der Waals surface area contributed by atoms with E-state index in [1.165, 1.54) is 11.0 Å². The normalized spacial score (nSPS) is 11.1. The first-order valence-electron chi connectivity index (χ1n) is 8.95. The first-order valence-corrected chi connectivity index (χ1v) is 10.2. The first-order chi connectivity index (χ1) is 12.9. The van der Waals surface area contributed by atoms with E-state index >= 15 is 0 Å². The summed E-state index contributed by atoms with van der Waals surface area (Å²) < 4.78 is 1.58. The Bertz CT molecular complexity index is 1040. The summed E-state index contributed by atoms with van der Waals surface area (Å²) in [5.41, 5.74) is 2.13. The fourth-order valence-electron chi connectivity index (χ4n) is 3.20. The zero-order valence-electron chi connectivity index (χ0n) is 16.1. The number of aryl methyl sites for hydroxylation is 1. The van der Waals surface area contributed by atoms with Gasteiger partial charge in [-0.2, -0.15) is 0 Å². The molecule has 0 aliphatic heterocycles. The Hall–Kier alpha value is -2.53. The zero-order chi connectivity index (χ0) is 19.6. The van der Waals surface area contributed by atoms with Crippen LogP contribution in [0.25, 0.3) is 10.9 Å². The van der Waals surface area contributed by atoms with Crippen LogP contribution in [-0.2, 0) is 13.6 Å². The Morgan fingerprint density at radius 2 is 1.85 bits per heavy atom. The molecule has 3 aromatic rings. The predicted molar refractivity (Wildman–Crippen MR) is 112 cm³/mol. The van der Waals surface area contributed by atoms with Crippen molar-refractivity contribution in [2.45, 2.75) is 31.3 Å². The maximum atomic E-state index is 13.4. The van der Waals surface area contributed by atoms with Gasteiger partial charge in [0.15, 0.2) is 0 Å². The van der Waals surface area contributed by atoms with E-state index in [-0.39, 0.29) is 17.5 Å². The molecule has 0 radical (unpaired) electrons. The van der Waals surface area contributed by atoms with Crippen LogP contribution in [0.2, 0.25) is 0 Å². The number of hydrogen-bond donors (Lipinski definition) is 0. The molecule has 0 atom stereocenters. The summed E-state index contributed by atoms with van der Waals surface area (Å²) in [4.78, 5) is 28.8. The molecule has 3 rings (SSSR count). The third-order valence-electron chi connectivity index (χ3n) is 4.76. The number of fused-ring (bicyclic) bond motifs is 1. The molecule has 0 unspecified atom stereocenters. The van der Waals surface area contributed by atoms with Gasteiger partial charge in [0.1, 0.15) is 0 Å². The van der Waals surface area contributed by atoms with Crippen LogP contribution in [0, 0.1) is 0 Å². The molecule has 0 fully saturated rings. The number of hydrogen-bond acceptors (Lipinski definition) is 3. The molecule has 0 aliphatic rings. The molecule has 5 heteroatoms. The molecule has 0 bridgehead atoms. The zero-order valence-corrected chi connectivity index (χ0v) is 16.9. The molecule has 4 nitrogen and oxygen atoms in total. The minimum Gasteiger partial charge on any atom is -0.332 e. The van der Waals surface area contributed by atoms with E-state index in [0.717, 1.165) is 16.5 Å². The summed E-state index contributed by atoms with van der Waals surface area (Å²) in [6.07, 6.45) is 2.04. The monoisotopic (exact) mass is 380 g/mol. The molecular formula is C22H24N2O2S. The fraction of sp³-hybridized carbons (Fsp3) is 0.273. The van der Waals surface area contributed by atoms with Crippen LogP contribution in [0.3, 0.4) is 0 Å². The van der Waals surface area contributed by atoms with Crippen molar-refractivity contribution in [2.24, 2.45) is 7.05 Å². The molecule has 0 aliphatic carbocycles. The minimum atomic E-state index is -0.176. The lowest BCUT2D eigenvalue weighted by Gasteiger charge is -2.28. The second-order valence-corrected chi connectivity index (χ2v) is 7.73. The number of thioether (sulfide) groups is 1. The van der Waals surface area contributed by atoms with Gasteiger partial charge in [-0.1, -0.05) is 30.3 Å². The number of nitrogens with zero attached hydrogens (tertiary/aromatic N) is 2. The summed E-state index contributed by atoms with van der Waals surface area (Å²) in [7, 11) is 1.73. The Labute approximate surface area is 163 Å². The summed E-state index contributed by atoms with van der Waals surface area (Å²) in [6.45, 7) is 4.51. The first kappa shape index (κ1) is 19.2. The van der Waals surface area contributed by atoms with E-state index in [0.29, 0.717) is 12.1 Å². The largest absolute Gasteiger partial charge is 0.332 e. The van der Waals surface area contributed by atoms with Crippen molar-refractivity contribution in [2.75, 3.05) is 6.26 Å². The lowest BCUT2D eigenvalue weighted by atomic mass is 10.1. The van der Waals surface area contributed by atoms with Crippen LogP contribution in [0.4, 0.5) is 0 Å². The average molecular weight is 381 g/mol. The van der Waals surface area contributed by atoms with E-state index in [1.54, 1.807) is 23.4 Å². The van der Waals surface area contributed by atoms with E-state index in [1.807, 2.05) is 61.4 Å². The average Bonchev–Trinajstić information content (AvgIpc) is 2.68. The highest BCUT2D eigenvalue weighted by atomic mass is 32.2. The second kappa shape index (κ2) is 8.01. The Kier molecular flexibility index (Phi) is 5.71. The summed E-state index contributed by atoms with van der Waals surface area (Å²) in [6, 6.07) is 17.2. The summed E-state index contributed by atoms with van der Waals surface area (Å²) in [5.74, 6) is -0.117. The van der Waals surface area contributed by atoms with Crippen molar-refractivity contribution >= 4 is 28.6 Å². The van der Waals surface area contributed by atoms with Gasteiger partial charge < -0.3 is 9.47 Å². The molecule has 0 saturated heterocycles. The van der Waals surface area contributed by atoms with Gasteiger partial charge >= 0.3 is 0 Å². The van der Waals surface area contributed by atoms with Crippen molar-refractivity contribution in [3.05, 3.63) is 76.1 Å². The van der Waals surface area contributed by atoms with Gasteiger partial charge in [0.25, 0.3) is 11.5 Å². The van der Waals surface area contributed by atoms with Gasteiger partial charge in [-0.25, -0.2) is 0 Å². The van der Waals surface area contributed by atoms with Crippen molar-refractivity contribution in [3.63, 3.8) is 0 Å². The lowest BCUT2D eigenvalue weighted by Crippen LogP contribution is -2.37. The van der Waals surface area contributed by atoms with Crippen LogP contribution >= 0.6 is 11.8 Å². The molecular weight excluding hydrogens is 356 g/mol. The van der Waals surface area contributed by atoms with Gasteiger partial charge in [0.2, 0.25) is 0 Å². The molecule has 1 heterocycles. The third kappa shape index (κ3) is 3.93. The van der Waals surface area contributed by atoms with Gasteiger partial charge in [-0.3, -0.25) is 9.59 Å². The summed E-state index contributed by atoms with van der Waals surface area (Å²) >= 11 is 1.68. The molecule has 0 spiro atoms. The van der Waals surface area contributed by atoms with Crippen molar-refractivity contribution < 1.29 is 4.79 Å². The molecule has 0 N–H and O–H groups in total. The highest BCUT2D eigenvalue weighted by molar-refractivity contribution is 7.98. The predicted octanol–water partition coefficient (Wildman–Crippen LogP) is 4.31. The Balaban J connectivity index is 2.05. The molecule has 0 saturated carbocycles. The van der Waals surface area contributed by atoms with Crippen molar-refractivity contribution in [3.8, 4) is 0 Å². The van der Waals surface area contributed by atoms with E-state index < -0.39 is 0 Å². The summed E-state index contributed by atoms with van der Waals surface area (Å²) in [5, 5.41) is 0.799. The molecule has 1 aromatic heterocycles. The highest BCUT2D eigenvalue weighted by Crippen LogP contribution is 2.22. The Morgan fingerprint density at radius 3 is 2.56 bits per heavy atom. The maximum Gasteiger partial charge on any atom is 0.255 e. The molecule has 2 aromatic carbocycles. The fourth-order valence-corrected chi connectivity index (χ4v) is 3.68. The van der Waals surface area contributed by atoms with E-state index in [2.05, 4.69) is 12.1 Å². The number of carbonyl (C=O) groups is 1. The molecule has 27 heavy (non-hydrogen) atoms. The van der Waals surface area contributed by atoms with Crippen LogP contribution in [0.1, 0.15) is 29.8 Å². The lowest BCUT2D eigenvalue weighted by molar-refractivity contribution is 0.0692. The SMILES string of the molecule is CSc1cccc(CN(C(=O)c2cc(=O)n(C)c3ccccc23)C(C)C)c1. The standard InChI is InChI=1S/C22H24N2O2S/c1-15(2)24(14-16-8-7-9-17(12-16)27-4)22(26)19-13-21(25)23(3)20-11-6-5-10-18(19)20/h5-13,15H,14H2,1-4H3. The minimum absolute atomic E-state index is 0.0123. The smallest absolute Gasteiger partial charge is 0.255 e. The number of rotatable bonds is 5. The highest BCUT2D eigenvalue weighted by Gasteiger charge is 2.22. The Morgan fingerprint density at radius 1 is 1.11 bits per heavy atom. The van der Waals surface area contributed by atoms with Gasteiger partial charge in [0.05, 0.1) is 11.1 Å². The maximum absolute atomic E-state index is 13.4. The van der Waals surface area contributed by atoms with Gasteiger partial charge in [-0.05, 0) is 43.9 Å². The van der Waals surface area contributed by atoms with Crippen LogP contribution in [0.5, 0.6) is 0 Å². The number of amides is 1. The van der Waals surface area contributed by atoms with E-state index in [4.69, 9.17) is 0 Å². The third-order valence-corrected chi connectivity index (χ3v) is 5.48. The number of aromatic nitrogens is 1. The topological polar surface area (TPSA) is 42.3 Å². The van der Waals surface area contributed by atoms with Crippen molar-refractivity contribution in [1.82, 2.24) is 9.47 Å². The quantitative estimate of drug-likeness (QED) is 0.620. The number of pyridine rings is 1. The van der Waals surface area contributed by atoms with Crippen LogP contribution in [0.15, 0.2) is 64.3 Å². The second-order valence-electron chi connectivity index (χ2n) is 6.85. The number of benzene rings is 2. The van der Waals surface area contributed by atoms with Gasteiger partial charge in [-0.15, -0.1) is 11.8 Å². The van der Waals surface area contributed by atoms with Gasteiger partial charge in [0, 0.05) is 36.0 Å². The number of carbonyl (C=O) groups excluding carboxylic acids is 1. The molecule has 140 valence electrons.